The minimum Gasteiger partial charge on any atom is -0.339 e. The SMILES string of the molecule is Cc1cc(C(=O)Nc2cc(C(F)(F)F)ccn2)c(F)cc1C1=NC([C@@H]2CC[C@H]3CCC(=O)N3C2)=C2C=NC=C[N+]12N. The maximum atomic E-state index is 15.4. The monoisotopic (exact) mass is 568 g/mol. The van der Waals surface area contributed by atoms with Crippen LogP contribution in [0.1, 0.15) is 52.7 Å². The van der Waals surface area contributed by atoms with Crippen molar-refractivity contribution in [2.24, 2.45) is 21.7 Å². The highest BCUT2D eigenvalue weighted by Crippen LogP contribution is 2.41. The van der Waals surface area contributed by atoms with E-state index in [0.717, 1.165) is 37.6 Å². The lowest BCUT2D eigenvalue weighted by Gasteiger charge is -2.35. The lowest BCUT2D eigenvalue weighted by atomic mass is 9.90. The second-order valence-electron chi connectivity index (χ2n) is 10.6. The van der Waals surface area contributed by atoms with Crippen molar-refractivity contribution in [1.82, 2.24) is 9.88 Å². The molecule has 1 unspecified atom stereocenters. The Bertz CT molecular complexity index is 1600. The maximum absolute atomic E-state index is 15.4. The number of alkyl halides is 3. The van der Waals surface area contributed by atoms with Crippen molar-refractivity contribution >= 4 is 29.7 Å². The maximum Gasteiger partial charge on any atom is 0.416 e. The van der Waals surface area contributed by atoms with Gasteiger partial charge in [0, 0.05) is 31.1 Å². The molecule has 2 saturated heterocycles. The molecule has 4 aliphatic heterocycles. The van der Waals surface area contributed by atoms with Gasteiger partial charge in [-0.1, -0.05) is 0 Å². The van der Waals surface area contributed by atoms with E-state index in [-0.39, 0.29) is 33.8 Å². The standard InChI is InChI=1S/C28H25F4N7O2/c1-15-10-20(27(41)36-23-11-17(6-7-35-23)28(30,31)32)21(29)12-19(15)26-37-25(22-13-34-8-9-39(22,26)33)16-2-3-18-4-5-24(40)38(18)14-16/h6-13,16,18H,2-5,14,33H2,1H3/p+1/t16-,18+,39?/m1/s1. The molecule has 212 valence electrons. The van der Waals surface area contributed by atoms with Crippen molar-refractivity contribution in [3.8, 4) is 0 Å². The number of aryl methyl sites for hydroxylation is 1. The molecule has 3 atom stereocenters. The van der Waals surface area contributed by atoms with Gasteiger partial charge in [0.25, 0.3) is 11.7 Å². The van der Waals surface area contributed by atoms with E-state index in [4.69, 9.17) is 10.8 Å². The number of hydrogen-bond donors (Lipinski definition) is 2. The number of anilines is 1. The number of fused-ring (bicyclic) bond motifs is 2. The van der Waals surface area contributed by atoms with E-state index in [1.807, 2.05) is 4.90 Å². The number of nitrogens with zero attached hydrogens (tertiary/aromatic N) is 5. The molecule has 9 nitrogen and oxygen atoms in total. The predicted octanol–water partition coefficient (Wildman–Crippen LogP) is 4.42. The molecule has 0 aliphatic carbocycles. The minimum absolute atomic E-state index is 0.0741. The van der Waals surface area contributed by atoms with Crippen LogP contribution in [0, 0.1) is 18.7 Å². The van der Waals surface area contributed by atoms with E-state index in [1.165, 1.54) is 12.3 Å². The highest BCUT2D eigenvalue weighted by Gasteiger charge is 2.48. The van der Waals surface area contributed by atoms with Gasteiger partial charge < -0.3 is 10.2 Å². The van der Waals surface area contributed by atoms with Gasteiger partial charge in [-0.2, -0.15) is 24.0 Å². The van der Waals surface area contributed by atoms with Crippen molar-refractivity contribution in [3.05, 3.63) is 82.3 Å². The lowest BCUT2D eigenvalue weighted by molar-refractivity contribution is -0.750. The Morgan fingerprint density at radius 3 is 2.78 bits per heavy atom. The van der Waals surface area contributed by atoms with E-state index in [2.05, 4.69) is 15.3 Å². The molecule has 41 heavy (non-hydrogen) atoms. The Labute approximate surface area is 232 Å². The third-order valence-electron chi connectivity index (χ3n) is 8.06. The van der Waals surface area contributed by atoms with E-state index >= 15 is 4.39 Å². The van der Waals surface area contributed by atoms with Crippen LogP contribution in [0.2, 0.25) is 0 Å². The summed E-state index contributed by atoms with van der Waals surface area (Å²) in [4.78, 5) is 40.1. The summed E-state index contributed by atoms with van der Waals surface area (Å²) in [5.74, 6) is 4.99. The summed E-state index contributed by atoms with van der Waals surface area (Å²) >= 11 is 0. The highest BCUT2D eigenvalue weighted by atomic mass is 19.4. The fourth-order valence-electron chi connectivity index (χ4n) is 5.93. The molecule has 0 saturated carbocycles. The number of piperidine rings is 1. The Kier molecular flexibility index (Phi) is 6.38. The molecular weight excluding hydrogens is 542 g/mol. The van der Waals surface area contributed by atoms with E-state index in [0.29, 0.717) is 47.4 Å². The Morgan fingerprint density at radius 1 is 1.20 bits per heavy atom. The molecule has 6 rings (SSSR count). The number of halogens is 4. The molecule has 2 amide bonds. The van der Waals surface area contributed by atoms with E-state index in [9.17, 15) is 22.8 Å². The number of benzene rings is 1. The fraction of sp³-hybridized carbons (Fsp3) is 0.321. The number of pyridine rings is 1. The molecule has 3 N–H and O–H groups in total. The number of nitrogens with two attached hydrogens (primary N) is 1. The van der Waals surface area contributed by atoms with Gasteiger partial charge in [-0.3, -0.25) is 14.6 Å². The van der Waals surface area contributed by atoms with Crippen molar-refractivity contribution in [3.63, 3.8) is 0 Å². The molecule has 0 bridgehead atoms. The molecule has 2 fully saturated rings. The molecule has 1 aromatic heterocycles. The number of carbonyl (C=O) groups excluding carboxylic acids is 2. The molecule has 0 spiro atoms. The van der Waals surface area contributed by atoms with Gasteiger partial charge in [-0.05, 0) is 56.0 Å². The Balaban J connectivity index is 1.31. The first-order valence-corrected chi connectivity index (χ1v) is 13.1. The summed E-state index contributed by atoms with van der Waals surface area (Å²) in [6.45, 7) is 2.18. The van der Waals surface area contributed by atoms with Crippen LogP contribution in [0.15, 0.2) is 64.2 Å². The van der Waals surface area contributed by atoms with Gasteiger partial charge in [0.05, 0.1) is 29.1 Å². The van der Waals surface area contributed by atoms with Gasteiger partial charge >= 0.3 is 6.18 Å². The highest BCUT2D eigenvalue weighted by molar-refractivity contribution is 6.06. The summed E-state index contributed by atoms with van der Waals surface area (Å²) in [6, 6.07) is 4.14. The number of aromatic nitrogens is 1. The molecule has 5 heterocycles. The molecule has 0 radical (unpaired) electrons. The van der Waals surface area contributed by atoms with Crippen LogP contribution in [0.5, 0.6) is 0 Å². The van der Waals surface area contributed by atoms with Crippen molar-refractivity contribution < 1.29 is 31.7 Å². The van der Waals surface area contributed by atoms with E-state index < -0.39 is 23.5 Å². The van der Waals surface area contributed by atoms with Crippen molar-refractivity contribution in [2.45, 2.75) is 44.8 Å². The minimum atomic E-state index is -4.63. The zero-order valence-electron chi connectivity index (χ0n) is 22.0. The second-order valence-corrected chi connectivity index (χ2v) is 10.6. The average Bonchev–Trinajstić information content (AvgIpc) is 3.46. The number of allylic oxidation sites excluding steroid dienone is 1. The lowest BCUT2D eigenvalue weighted by Crippen LogP contribution is -2.53. The quantitative estimate of drug-likeness (QED) is 0.323. The molecule has 1 aromatic carbocycles. The molecular formula is C28H26F4N7O2+. The first kappa shape index (κ1) is 27.0. The molecule has 4 aliphatic rings. The molecule has 13 heteroatoms. The average molecular weight is 569 g/mol. The summed E-state index contributed by atoms with van der Waals surface area (Å²) in [7, 11) is 0. The van der Waals surface area contributed by atoms with Crippen molar-refractivity contribution in [1.29, 1.82) is 0 Å². The van der Waals surface area contributed by atoms with E-state index in [1.54, 1.807) is 19.3 Å². The number of rotatable bonds is 4. The first-order valence-electron chi connectivity index (χ1n) is 13.1. The summed E-state index contributed by atoms with van der Waals surface area (Å²) in [5, 5.41) is 2.23. The zero-order valence-corrected chi connectivity index (χ0v) is 22.0. The number of amidine groups is 1. The van der Waals surface area contributed by atoms with Crippen LogP contribution in [0.25, 0.3) is 0 Å². The fourth-order valence-corrected chi connectivity index (χ4v) is 5.93. The number of aliphatic imine (C=N–C) groups is 2. The summed E-state index contributed by atoms with van der Waals surface area (Å²) in [6.07, 6.45) is 4.14. The number of nitrogens with one attached hydrogen (secondary N) is 1. The Morgan fingerprint density at radius 2 is 2.00 bits per heavy atom. The topological polar surface area (TPSA) is 113 Å². The predicted molar refractivity (Wildman–Crippen MR) is 141 cm³/mol. The zero-order chi connectivity index (χ0) is 29.1. The van der Waals surface area contributed by atoms with Crippen LogP contribution in [0.3, 0.4) is 0 Å². The third-order valence-corrected chi connectivity index (χ3v) is 8.06. The third kappa shape index (κ3) is 4.64. The summed E-state index contributed by atoms with van der Waals surface area (Å²) < 4.78 is 54.2. The van der Waals surface area contributed by atoms with Gasteiger partial charge in [0.2, 0.25) is 11.6 Å². The van der Waals surface area contributed by atoms with Gasteiger partial charge in [-0.25, -0.2) is 9.37 Å². The van der Waals surface area contributed by atoms with Gasteiger partial charge in [0.15, 0.2) is 0 Å². The molecule has 2 aromatic rings. The van der Waals surface area contributed by atoms with Crippen LogP contribution in [0.4, 0.5) is 23.4 Å². The number of hydrogen-bond acceptors (Lipinski definition) is 6. The number of quaternary nitrogens is 1. The van der Waals surface area contributed by atoms with Crippen LogP contribution in [-0.4, -0.2) is 50.9 Å². The Hall–Kier alpha value is -4.23. The van der Waals surface area contributed by atoms with Crippen LogP contribution in [-0.2, 0) is 11.0 Å². The summed E-state index contributed by atoms with van der Waals surface area (Å²) in [5.41, 5.74) is 0.775. The van der Waals surface area contributed by atoms with Crippen LogP contribution < -0.4 is 11.2 Å². The number of carbonyl (C=O) groups is 2. The van der Waals surface area contributed by atoms with Crippen molar-refractivity contribution in [2.75, 3.05) is 11.9 Å². The van der Waals surface area contributed by atoms with Gasteiger partial charge in [-0.15, -0.1) is 4.59 Å². The largest absolute Gasteiger partial charge is 0.416 e. The number of amides is 2. The van der Waals surface area contributed by atoms with Crippen LogP contribution >= 0.6 is 0 Å². The second kappa shape index (κ2) is 9.70. The van der Waals surface area contributed by atoms with Gasteiger partial charge in [0.1, 0.15) is 23.5 Å². The smallest absolute Gasteiger partial charge is 0.339 e. The normalized spacial score (nSPS) is 25.4. The first-order chi connectivity index (χ1) is 19.5.